The van der Waals surface area contributed by atoms with Crippen LogP contribution in [0.4, 0.5) is 25.2 Å². The summed E-state index contributed by atoms with van der Waals surface area (Å²) in [4.78, 5) is 20.5. The summed E-state index contributed by atoms with van der Waals surface area (Å²) < 4.78 is 52.7. The highest BCUT2D eigenvalue weighted by Crippen LogP contribution is 2.35. The normalized spacial score (nSPS) is 19.5. The summed E-state index contributed by atoms with van der Waals surface area (Å²) >= 11 is 0. The van der Waals surface area contributed by atoms with Crippen LogP contribution in [0.15, 0.2) is 41.6 Å². The SMILES string of the molecule is C[C@H](CC(F)F)NC(=O)O[C@@H]1CC[C@H](c2cnc(Nc3ccc(S(N)(=O)=O)cc3)nc2)C1. The summed E-state index contributed by atoms with van der Waals surface area (Å²) in [5.74, 6) is 0.463. The van der Waals surface area contributed by atoms with Crippen molar-refractivity contribution in [1.82, 2.24) is 15.3 Å². The molecule has 1 aromatic carbocycles. The average molecular weight is 470 g/mol. The van der Waals surface area contributed by atoms with E-state index in [9.17, 15) is 22.0 Å². The Labute approximate surface area is 184 Å². The maximum atomic E-state index is 12.4. The molecular weight excluding hydrogens is 444 g/mol. The molecule has 1 saturated carbocycles. The summed E-state index contributed by atoms with van der Waals surface area (Å²) in [6, 6.07) is 5.22. The van der Waals surface area contributed by atoms with Gasteiger partial charge in [-0.1, -0.05) is 0 Å². The van der Waals surface area contributed by atoms with E-state index in [0.29, 0.717) is 24.5 Å². The van der Waals surface area contributed by atoms with Crippen molar-refractivity contribution in [3.05, 3.63) is 42.2 Å². The third kappa shape index (κ3) is 6.82. The van der Waals surface area contributed by atoms with Gasteiger partial charge in [-0.05, 0) is 61.9 Å². The van der Waals surface area contributed by atoms with Gasteiger partial charge in [-0.2, -0.15) is 0 Å². The Morgan fingerprint density at radius 1 is 1.22 bits per heavy atom. The molecule has 1 aliphatic carbocycles. The number of alkyl carbamates (subject to hydrolysis) is 1. The molecule has 0 unspecified atom stereocenters. The number of anilines is 2. The number of nitrogens with zero attached hydrogens (tertiary/aromatic N) is 2. The smallest absolute Gasteiger partial charge is 0.407 e. The molecule has 0 spiro atoms. The molecule has 0 saturated heterocycles. The minimum Gasteiger partial charge on any atom is -0.446 e. The molecule has 174 valence electrons. The van der Waals surface area contributed by atoms with Crippen LogP contribution in [0.5, 0.6) is 0 Å². The Bertz CT molecular complexity index is 1020. The largest absolute Gasteiger partial charge is 0.446 e. The lowest BCUT2D eigenvalue weighted by molar-refractivity contribution is 0.0895. The van der Waals surface area contributed by atoms with Gasteiger partial charge in [0.1, 0.15) is 6.10 Å². The van der Waals surface area contributed by atoms with E-state index < -0.39 is 35.0 Å². The minimum absolute atomic E-state index is 0.00878. The second-order valence-electron chi connectivity index (χ2n) is 7.74. The van der Waals surface area contributed by atoms with E-state index in [1.807, 2.05) is 0 Å². The van der Waals surface area contributed by atoms with E-state index in [1.54, 1.807) is 24.5 Å². The van der Waals surface area contributed by atoms with Gasteiger partial charge in [0, 0.05) is 30.5 Å². The molecule has 4 N–H and O–H groups in total. The lowest BCUT2D eigenvalue weighted by atomic mass is 10.0. The fourth-order valence-electron chi connectivity index (χ4n) is 3.53. The summed E-state index contributed by atoms with van der Waals surface area (Å²) in [5, 5.41) is 10.5. The number of halogens is 2. The Morgan fingerprint density at radius 3 is 2.47 bits per heavy atom. The number of nitrogens with one attached hydrogen (secondary N) is 2. The number of rotatable bonds is 8. The maximum absolute atomic E-state index is 12.4. The quantitative estimate of drug-likeness (QED) is 0.540. The lowest BCUT2D eigenvalue weighted by Crippen LogP contribution is -2.36. The van der Waals surface area contributed by atoms with Crippen molar-refractivity contribution < 1.29 is 26.7 Å². The molecule has 2 aromatic rings. The van der Waals surface area contributed by atoms with Crippen LogP contribution < -0.4 is 15.8 Å². The van der Waals surface area contributed by atoms with E-state index in [0.717, 1.165) is 12.0 Å². The van der Waals surface area contributed by atoms with Crippen molar-refractivity contribution in [2.45, 2.75) is 62.0 Å². The number of amides is 1. The number of benzene rings is 1. The van der Waals surface area contributed by atoms with Crippen molar-refractivity contribution in [3.63, 3.8) is 0 Å². The van der Waals surface area contributed by atoms with Crippen molar-refractivity contribution in [2.24, 2.45) is 5.14 Å². The highest BCUT2D eigenvalue weighted by atomic mass is 32.2. The van der Waals surface area contributed by atoms with Gasteiger partial charge in [-0.3, -0.25) is 0 Å². The number of carbonyl (C=O) groups is 1. The number of aromatic nitrogens is 2. The van der Waals surface area contributed by atoms with Crippen molar-refractivity contribution in [2.75, 3.05) is 5.32 Å². The number of primary sulfonamides is 1. The molecule has 1 aromatic heterocycles. The first-order valence-electron chi connectivity index (χ1n) is 10.1. The van der Waals surface area contributed by atoms with Crippen LogP contribution in [0.1, 0.15) is 44.1 Å². The molecule has 9 nitrogen and oxygen atoms in total. The maximum Gasteiger partial charge on any atom is 0.407 e. The topological polar surface area (TPSA) is 136 Å². The fraction of sp³-hybridized carbons (Fsp3) is 0.450. The Morgan fingerprint density at radius 2 is 1.88 bits per heavy atom. The third-order valence-electron chi connectivity index (χ3n) is 5.14. The minimum atomic E-state index is -3.76. The highest BCUT2D eigenvalue weighted by molar-refractivity contribution is 7.89. The Hall–Kier alpha value is -2.86. The Kier molecular flexibility index (Phi) is 7.56. The zero-order valence-corrected chi connectivity index (χ0v) is 18.2. The number of ether oxygens (including phenoxy) is 1. The molecule has 1 heterocycles. The molecule has 3 atom stereocenters. The van der Waals surface area contributed by atoms with Crippen LogP contribution in [0, 0.1) is 0 Å². The van der Waals surface area contributed by atoms with E-state index >= 15 is 0 Å². The second kappa shape index (κ2) is 10.2. The number of alkyl halides is 2. The highest BCUT2D eigenvalue weighted by Gasteiger charge is 2.29. The third-order valence-corrected chi connectivity index (χ3v) is 6.07. The van der Waals surface area contributed by atoms with E-state index in [4.69, 9.17) is 9.88 Å². The van der Waals surface area contributed by atoms with Gasteiger partial charge in [-0.25, -0.2) is 37.1 Å². The van der Waals surface area contributed by atoms with Gasteiger partial charge < -0.3 is 15.4 Å². The molecule has 1 aliphatic rings. The number of hydrogen-bond acceptors (Lipinski definition) is 7. The monoisotopic (exact) mass is 469 g/mol. The van der Waals surface area contributed by atoms with Gasteiger partial charge in [-0.15, -0.1) is 0 Å². The predicted molar refractivity (Wildman–Crippen MR) is 113 cm³/mol. The van der Waals surface area contributed by atoms with Crippen molar-refractivity contribution in [3.8, 4) is 0 Å². The molecular formula is C20H25F2N5O4S. The zero-order valence-electron chi connectivity index (χ0n) is 17.4. The summed E-state index contributed by atoms with van der Waals surface area (Å²) in [6.45, 7) is 1.51. The van der Waals surface area contributed by atoms with E-state index in [2.05, 4.69) is 20.6 Å². The van der Waals surface area contributed by atoms with Crippen LogP contribution in [0.2, 0.25) is 0 Å². The summed E-state index contributed by atoms with van der Waals surface area (Å²) in [7, 11) is -3.76. The first kappa shape index (κ1) is 23.8. The molecule has 3 rings (SSSR count). The van der Waals surface area contributed by atoms with Gasteiger partial charge in [0.25, 0.3) is 0 Å². The number of nitrogens with two attached hydrogens (primary N) is 1. The van der Waals surface area contributed by atoms with Crippen LogP contribution >= 0.6 is 0 Å². The lowest BCUT2D eigenvalue weighted by Gasteiger charge is -2.17. The van der Waals surface area contributed by atoms with E-state index in [1.165, 1.54) is 19.1 Å². The summed E-state index contributed by atoms with van der Waals surface area (Å²) in [6.07, 6.45) is 1.53. The van der Waals surface area contributed by atoms with Gasteiger partial charge in [0.15, 0.2) is 0 Å². The number of carbonyl (C=O) groups excluding carboxylic acids is 1. The molecule has 0 aliphatic heterocycles. The molecule has 0 bridgehead atoms. The van der Waals surface area contributed by atoms with Crippen molar-refractivity contribution in [1.29, 1.82) is 0 Å². The van der Waals surface area contributed by atoms with Gasteiger partial charge >= 0.3 is 6.09 Å². The molecule has 0 radical (unpaired) electrons. The predicted octanol–water partition coefficient (Wildman–Crippen LogP) is 3.27. The van der Waals surface area contributed by atoms with E-state index in [-0.39, 0.29) is 16.9 Å². The van der Waals surface area contributed by atoms with Crippen LogP contribution in [0.25, 0.3) is 0 Å². The van der Waals surface area contributed by atoms with Crippen LogP contribution in [-0.4, -0.2) is 43.1 Å². The average Bonchev–Trinajstić information content (AvgIpc) is 3.15. The first-order valence-corrected chi connectivity index (χ1v) is 11.6. The molecule has 1 fully saturated rings. The zero-order chi connectivity index (χ0) is 23.3. The van der Waals surface area contributed by atoms with Gasteiger partial charge in [0.05, 0.1) is 4.90 Å². The molecule has 1 amide bonds. The first-order chi connectivity index (χ1) is 15.1. The standard InChI is InChI=1S/C20H25F2N5O4S/c1-12(8-18(21)22)26-20(28)31-16-5-2-13(9-16)14-10-24-19(25-11-14)27-15-3-6-17(7-4-15)32(23,29)30/h3-4,6-7,10-13,16,18H,2,5,8-9H2,1H3,(H,26,28)(H2,23,29,30)(H,24,25,27)/t12-,13+,16-/m1/s1. The van der Waals surface area contributed by atoms with Gasteiger partial charge in [0.2, 0.25) is 22.4 Å². The summed E-state index contributed by atoms with van der Waals surface area (Å²) in [5.41, 5.74) is 1.50. The number of hydrogen-bond donors (Lipinski definition) is 3. The molecule has 32 heavy (non-hydrogen) atoms. The van der Waals surface area contributed by atoms with Crippen LogP contribution in [-0.2, 0) is 14.8 Å². The molecule has 12 heteroatoms. The second-order valence-corrected chi connectivity index (χ2v) is 9.31. The van der Waals surface area contributed by atoms with Crippen molar-refractivity contribution >= 4 is 27.8 Å². The number of sulfonamides is 1. The Balaban J connectivity index is 1.50. The van der Waals surface area contributed by atoms with Crippen LogP contribution in [0.3, 0.4) is 0 Å². The fourth-order valence-corrected chi connectivity index (χ4v) is 4.05.